The van der Waals surface area contributed by atoms with E-state index in [2.05, 4.69) is 15.9 Å². The van der Waals surface area contributed by atoms with E-state index in [1.54, 1.807) is 6.92 Å². The molecule has 0 nitrogen and oxygen atoms in total. The van der Waals surface area contributed by atoms with E-state index in [-0.39, 0.29) is 5.56 Å². The minimum absolute atomic E-state index is 0.0659. The lowest BCUT2D eigenvalue weighted by atomic mass is 10.0. The lowest BCUT2D eigenvalue weighted by Crippen LogP contribution is -2.02. The lowest BCUT2D eigenvalue weighted by Gasteiger charge is -2.14. The van der Waals surface area contributed by atoms with Crippen LogP contribution in [0, 0.1) is 18.6 Å². The van der Waals surface area contributed by atoms with Crippen molar-refractivity contribution in [1.29, 1.82) is 0 Å². The van der Waals surface area contributed by atoms with Gasteiger partial charge in [-0.25, -0.2) is 8.78 Å². The molecule has 0 radical (unpaired) electrons. The van der Waals surface area contributed by atoms with Gasteiger partial charge in [-0.3, -0.25) is 0 Å². The molecule has 0 aliphatic rings. The molecule has 0 saturated heterocycles. The highest BCUT2D eigenvalue weighted by molar-refractivity contribution is 9.09. The standard InChI is InChI=1S/C14H11BrF2/c1-9-7-8-11(16)12(14(9)17)13(15)10-5-3-2-4-6-10/h2-8,13H,1H3. The van der Waals surface area contributed by atoms with Gasteiger partial charge in [0.05, 0.1) is 4.83 Å². The van der Waals surface area contributed by atoms with Gasteiger partial charge in [-0.05, 0) is 24.1 Å². The van der Waals surface area contributed by atoms with Crippen LogP contribution in [0.25, 0.3) is 0 Å². The Morgan fingerprint density at radius 1 is 1.00 bits per heavy atom. The first-order valence-corrected chi connectivity index (χ1v) is 6.16. The van der Waals surface area contributed by atoms with Gasteiger partial charge in [0.25, 0.3) is 0 Å². The summed E-state index contributed by atoms with van der Waals surface area (Å²) in [6.45, 7) is 1.63. The highest BCUT2D eigenvalue weighted by Gasteiger charge is 2.20. The van der Waals surface area contributed by atoms with Crippen molar-refractivity contribution < 1.29 is 8.78 Å². The molecular weight excluding hydrogens is 286 g/mol. The second kappa shape index (κ2) is 4.96. The zero-order valence-electron chi connectivity index (χ0n) is 9.25. The first-order chi connectivity index (χ1) is 8.11. The molecule has 3 heteroatoms. The van der Waals surface area contributed by atoms with E-state index in [4.69, 9.17) is 0 Å². The number of benzene rings is 2. The Morgan fingerprint density at radius 2 is 1.65 bits per heavy atom. The quantitative estimate of drug-likeness (QED) is 0.701. The summed E-state index contributed by atoms with van der Waals surface area (Å²) >= 11 is 3.35. The van der Waals surface area contributed by atoms with Gasteiger partial charge >= 0.3 is 0 Å². The Hall–Kier alpha value is -1.22. The van der Waals surface area contributed by atoms with Crippen molar-refractivity contribution in [1.82, 2.24) is 0 Å². The van der Waals surface area contributed by atoms with Crippen LogP contribution in [0.1, 0.15) is 21.5 Å². The third-order valence-electron chi connectivity index (χ3n) is 2.67. The van der Waals surface area contributed by atoms with Crippen molar-refractivity contribution in [2.75, 3.05) is 0 Å². The molecule has 1 unspecified atom stereocenters. The molecule has 17 heavy (non-hydrogen) atoms. The van der Waals surface area contributed by atoms with Crippen LogP contribution in [0.5, 0.6) is 0 Å². The van der Waals surface area contributed by atoms with E-state index in [9.17, 15) is 8.78 Å². The highest BCUT2D eigenvalue weighted by atomic mass is 79.9. The Labute approximate surface area is 107 Å². The van der Waals surface area contributed by atoms with Crippen LogP contribution in [0.2, 0.25) is 0 Å². The molecule has 0 aliphatic carbocycles. The number of hydrogen-bond donors (Lipinski definition) is 0. The first kappa shape index (κ1) is 12.2. The average Bonchev–Trinajstić information content (AvgIpc) is 2.35. The van der Waals surface area contributed by atoms with E-state index < -0.39 is 16.5 Å². The Kier molecular flexibility index (Phi) is 3.57. The van der Waals surface area contributed by atoms with Crippen LogP contribution >= 0.6 is 15.9 Å². The van der Waals surface area contributed by atoms with Gasteiger partial charge in [-0.15, -0.1) is 0 Å². The fourth-order valence-electron chi connectivity index (χ4n) is 1.70. The van der Waals surface area contributed by atoms with E-state index in [1.807, 2.05) is 30.3 Å². The van der Waals surface area contributed by atoms with Crippen molar-refractivity contribution in [2.45, 2.75) is 11.8 Å². The van der Waals surface area contributed by atoms with Gasteiger partial charge in [-0.1, -0.05) is 52.3 Å². The van der Waals surface area contributed by atoms with Crippen LogP contribution < -0.4 is 0 Å². The molecule has 0 aliphatic heterocycles. The fourth-order valence-corrected chi connectivity index (χ4v) is 2.42. The number of alkyl halides is 1. The van der Waals surface area contributed by atoms with Gasteiger partial charge < -0.3 is 0 Å². The lowest BCUT2D eigenvalue weighted by molar-refractivity contribution is 0.555. The SMILES string of the molecule is Cc1ccc(F)c(C(Br)c2ccccc2)c1F. The van der Waals surface area contributed by atoms with Crippen molar-refractivity contribution >= 4 is 15.9 Å². The van der Waals surface area contributed by atoms with Gasteiger partial charge in [-0.2, -0.15) is 0 Å². The summed E-state index contributed by atoms with van der Waals surface area (Å²) in [4.78, 5) is -0.469. The van der Waals surface area contributed by atoms with Crippen LogP contribution in [-0.4, -0.2) is 0 Å². The topological polar surface area (TPSA) is 0 Å². The normalized spacial score (nSPS) is 12.5. The summed E-state index contributed by atoms with van der Waals surface area (Å²) in [6, 6.07) is 12.0. The van der Waals surface area contributed by atoms with Crippen LogP contribution in [0.15, 0.2) is 42.5 Å². The molecule has 0 aromatic heterocycles. The number of rotatable bonds is 2. The maximum absolute atomic E-state index is 13.9. The molecule has 1 atom stereocenters. The van der Waals surface area contributed by atoms with Crippen LogP contribution in [-0.2, 0) is 0 Å². The second-order valence-electron chi connectivity index (χ2n) is 3.87. The summed E-state index contributed by atoms with van der Waals surface area (Å²) in [5.74, 6) is -1.02. The maximum atomic E-state index is 13.9. The minimum Gasteiger partial charge on any atom is -0.207 e. The predicted octanol–water partition coefficient (Wildman–Crippen LogP) is 4.76. The van der Waals surface area contributed by atoms with Crippen LogP contribution in [0.3, 0.4) is 0 Å². The average molecular weight is 297 g/mol. The zero-order chi connectivity index (χ0) is 12.4. The van der Waals surface area contributed by atoms with Gasteiger partial charge in [0.15, 0.2) is 0 Å². The molecule has 2 aromatic carbocycles. The molecule has 0 amide bonds. The van der Waals surface area contributed by atoms with Gasteiger partial charge in [0, 0.05) is 5.56 Å². The van der Waals surface area contributed by atoms with Crippen molar-refractivity contribution in [2.24, 2.45) is 0 Å². The van der Waals surface area contributed by atoms with E-state index >= 15 is 0 Å². The molecule has 2 aromatic rings. The Bertz CT molecular complexity index is 523. The number of hydrogen-bond acceptors (Lipinski definition) is 0. The molecule has 0 N–H and O–H groups in total. The molecule has 88 valence electrons. The molecule has 0 fully saturated rings. The molecule has 0 spiro atoms. The van der Waals surface area contributed by atoms with Crippen LogP contribution in [0.4, 0.5) is 8.78 Å². The third-order valence-corrected chi connectivity index (χ3v) is 3.65. The summed E-state index contributed by atoms with van der Waals surface area (Å²) in [7, 11) is 0. The minimum atomic E-state index is -0.529. The van der Waals surface area contributed by atoms with E-state index in [0.29, 0.717) is 5.56 Å². The summed E-state index contributed by atoms with van der Waals surface area (Å²) in [6.07, 6.45) is 0. The third kappa shape index (κ3) is 2.39. The Balaban J connectivity index is 2.51. The summed E-state index contributed by atoms with van der Waals surface area (Å²) in [5, 5.41) is 0. The maximum Gasteiger partial charge on any atom is 0.133 e. The van der Waals surface area contributed by atoms with Crippen molar-refractivity contribution in [3.63, 3.8) is 0 Å². The fraction of sp³-hybridized carbons (Fsp3) is 0.143. The van der Waals surface area contributed by atoms with E-state index in [0.717, 1.165) is 5.56 Å². The van der Waals surface area contributed by atoms with Crippen molar-refractivity contribution in [3.05, 3.63) is 70.8 Å². The summed E-state index contributed by atoms with van der Waals surface area (Å²) in [5.41, 5.74) is 1.34. The molecular formula is C14H11BrF2. The molecule has 0 saturated carbocycles. The smallest absolute Gasteiger partial charge is 0.133 e. The van der Waals surface area contributed by atoms with Crippen molar-refractivity contribution in [3.8, 4) is 0 Å². The van der Waals surface area contributed by atoms with E-state index in [1.165, 1.54) is 12.1 Å². The summed E-state index contributed by atoms with van der Waals surface area (Å²) < 4.78 is 27.6. The Morgan fingerprint density at radius 3 is 2.29 bits per heavy atom. The van der Waals surface area contributed by atoms with Gasteiger partial charge in [0.2, 0.25) is 0 Å². The number of halogens is 3. The molecule has 0 heterocycles. The molecule has 0 bridgehead atoms. The van der Waals surface area contributed by atoms with Gasteiger partial charge in [0.1, 0.15) is 11.6 Å². The largest absolute Gasteiger partial charge is 0.207 e. The number of aryl methyl sites for hydroxylation is 1. The highest BCUT2D eigenvalue weighted by Crippen LogP contribution is 2.34. The predicted molar refractivity (Wildman–Crippen MR) is 68.3 cm³/mol. The monoisotopic (exact) mass is 296 g/mol. The molecule has 2 rings (SSSR count). The zero-order valence-corrected chi connectivity index (χ0v) is 10.8. The second-order valence-corrected chi connectivity index (χ2v) is 4.78. The first-order valence-electron chi connectivity index (χ1n) is 5.24.